The van der Waals surface area contributed by atoms with Crippen LogP contribution in [0.25, 0.3) is 0 Å². The quantitative estimate of drug-likeness (QED) is 0.588. The molecular formula is C18H20O4S. The van der Waals surface area contributed by atoms with Crippen LogP contribution in [0.15, 0.2) is 53.4 Å². The number of hydrogen-bond donors (Lipinski definition) is 0. The second-order valence-corrected chi connectivity index (χ2v) is 7.05. The number of Topliss-reactive ketones (excluding diaryl/α,β-unsaturated/α-hetero) is 1. The van der Waals surface area contributed by atoms with E-state index >= 15 is 0 Å². The van der Waals surface area contributed by atoms with Gasteiger partial charge in [0.05, 0.1) is 0 Å². The lowest BCUT2D eigenvalue weighted by molar-refractivity contribution is 0.101. The maximum Gasteiger partial charge on any atom is 0.339 e. The Balaban J connectivity index is 2.25. The van der Waals surface area contributed by atoms with Gasteiger partial charge < -0.3 is 4.18 Å². The number of benzene rings is 2. The monoisotopic (exact) mass is 332 g/mol. The highest BCUT2D eigenvalue weighted by atomic mass is 32.2. The molecule has 5 heteroatoms. The summed E-state index contributed by atoms with van der Waals surface area (Å²) in [7, 11) is -3.92. The van der Waals surface area contributed by atoms with Gasteiger partial charge >= 0.3 is 10.1 Å². The normalized spacial score (nSPS) is 12.7. The molecule has 0 saturated heterocycles. The predicted molar refractivity (Wildman–Crippen MR) is 89.4 cm³/mol. The highest BCUT2D eigenvalue weighted by Crippen LogP contribution is 2.23. The van der Waals surface area contributed by atoms with Crippen molar-refractivity contribution in [3.63, 3.8) is 0 Å². The van der Waals surface area contributed by atoms with Gasteiger partial charge in [-0.25, -0.2) is 0 Å². The van der Waals surface area contributed by atoms with Crippen molar-refractivity contribution in [2.45, 2.75) is 38.0 Å². The average Bonchev–Trinajstić information content (AvgIpc) is 2.54. The molecule has 1 unspecified atom stereocenters. The smallest absolute Gasteiger partial charge is 0.339 e. The molecule has 0 bridgehead atoms. The van der Waals surface area contributed by atoms with Gasteiger partial charge in [0, 0.05) is 5.56 Å². The van der Waals surface area contributed by atoms with Gasteiger partial charge in [-0.2, -0.15) is 8.42 Å². The Morgan fingerprint density at radius 2 is 1.78 bits per heavy atom. The maximum atomic E-state index is 12.3. The van der Waals surface area contributed by atoms with Gasteiger partial charge in [0.25, 0.3) is 0 Å². The van der Waals surface area contributed by atoms with E-state index in [1.807, 2.05) is 0 Å². The van der Waals surface area contributed by atoms with Crippen molar-refractivity contribution in [2.75, 3.05) is 0 Å². The van der Waals surface area contributed by atoms with E-state index in [1.54, 1.807) is 36.4 Å². The minimum atomic E-state index is -3.92. The number of carbonyl (C=O) groups excluding carboxylic acids is 1. The van der Waals surface area contributed by atoms with Crippen LogP contribution in [0.5, 0.6) is 5.75 Å². The van der Waals surface area contributed by atoms with E-state index in [9.17, 15) is 13.2 Å². The highest BCUT2D eigenvalue weighted by molar-refractivity contribution is 7.87. The van der Waals surface area contributed by atoms with Crippen LogP contribution in [-0.4, -0.2) is 14.2 Å². The summed E-state index contributed by atoms with van der Waals surface area (Å²) in [6.07, 6.45) is 0.987. The van der Waals surface area contributed by atoms with Gasteiger partial charge in [-0.05, 0) is 49.1 Å². The molecule has 2 aromatic rings. The van der Waals surface area contributed by atoms with Crippen molar-refractivity contribution >= 4 is 15.9 Å². The molecule has 23 heavy (non-hydrogen) atoms. The van der Waals surface area contributed by atoms with Gasteiger partial charge in [-0.1, -0.05) is 38.1 Å². The van der Waals surface area contributed by atoms with E-state index in [1.165, 1.54) is 19.1 Å². The average molecular weight is 332 g/mol. The third-order valence-electron chi connectivity index (χ3n) is 3.80. The summed E-state index contributed by atoms with van der Waals surface area (Å²) in [6.45, 7) is 5.59. The second kappa shape index (κ2) is 6.96. The second-order valence-electron chi connectivity index (χ2n) is 5.50. The molecule has 0 saturated carbocycles. The Bertz CT molecular complexity index is 792. The molecule has 122 valence electrons. The summed E-state index contributed by atoms with van der Waals surface area (Å²) in [5.41, 5.74) is 1.50. The Morgan fingerprint density at radius 3 is 2.35 bits per heavy atom. The van der Waals surface area contributed by atoms with Crippen molar-refractivity contribution in [3.05, 3.63) is 59.7 Å². The molecule has 0 amide bonds. The molecule has 0 aliphatic carbocycles. The largest absolute Gasteiger partial charge is 0.379 e. The molecule has 0 radical (unpaired) electrons. The van der Waals surface area contributed by atoms with Gasteiger partial charge in [-0.3, -0.25) is 4.79 Å². The number of hydrogen-bond acceptors (Lipinski definition) is 4. The van der Waals surface area contributed by atoms with Crippen LogP contribution >= 0.6 is 0 Å². The van der Waals surface area contributed by atoms with Crippen molar-refractivity contribution in [3.8, 4) is 5.75 Å². The Hall–Kier alpha value is -2.14. The lowest BCUT2D eigenvalue weighted by Crippen LogP contribution is -2.10. The lowest BCUT2D eigenvalue weighted by atomic mass is 9.99. The van der Waals surface area contributed by atoms with Crippen molar-refractivity contribution in [1.29, 1.82) is 0 Å². The van der Waals surface area contributed by atoms with Crippen LogP contribution in [0.2, 0.25) is 0 Å². The van der Waals surface area contributed by atoms with Gasteiger partial charge in [0.15, 0.2) is 5.78 Å². The van der Waals surface area contributed by atoms with Crippen molar-refractivity contribution < 1.29 is 17.4 Å². The van der Waals surface area contributed by atoms with Crippen LogP contribution in [0.3, 0.4) is 0 Å². The summed E-state index contributed by atoms with van der Waals surface area (Å²) in [4.78, 5) is 11.5. The van der Waals surface area contributed by atoms with Crippen LogP contribution in [0, 0.1) is 0 Å². The van der Waals surface area contributed by atoms with Crippen molar-refractivity contribution in [1.82, 2.24) is 0 Å². The number of carbonyl (C=O) groups is 1. The van der Waals surface area contributed by atoms with E-state index in [4.69, 9.17) is 4.18 Å². The standard InChI is InChI=1S/C18H20O4S/c1-4-13(2)15-8-10-18(11-9-15)23(20,21)22-17-7-5-6-16(12-17)14(3)19/h5-13H,4H2,1-3H3. The van der Waals surface area contributed by atoms with E-state index in [-0.39, 0.29) is 16.4 Å². The molecule has 0 heterocycles. The Morgan fingerprint density at radius 1 is 1.13 bits per heavy atom. The molecule has 1 atom stereocenters. The van der Waals surface area contributed by atoms with Crippen molar-refractivity contribution in [2.24, 2.45) is 0 Å². The third-order valence-corrected chi connectivity index (χ3v) is 5.06. The molecule has 0 aromatic heterocycles. The van der Waals surface area contributed by atoms with E-state index in [0.717, 1.165) is 12.0 Å². The lowest BCUT2D eigenvalue weighted by Gasteiger charge is -2.11. The van der Waals surface area contributed by atoms with Crippen LogP contribution in [-0.2, 0) is 10.1 Å². The number of ketones is 1. The number of rotatable bonds is 6. The summed E-state index contributed by atoms with van der Waals surface area (Å²) in [6, 6.07) is 12.8. The third kappa shape index (κ3) is 4.20. The summed E-state index contributed by atoms with van der Waals surface area (Å²) < 4.78 is 29.8. The molecule has 0 fully saturated rings. The summed E-state index contributed by atoms with van der Waals surface area (Å²) >= 11 is 0. The fourth-order valence-electron chi connectivity index (χ4n) is 2.14. The molecule has 0 N–H and O–H groups in total. The summed E-state index contributed by atoms with van der Waals surface area (Å²) in [5.74, 6) is 0.356. The zero-order chi connectivity index (χ0) is 17.0. The fraction of sp³-hybridized carbons (Fsp3) is 0.278. The first-order chi connectivity index (χ1) is 10.8. The minimum Gasteiger partial charge on any atom is -0.379 e. The molecule has 0 aliphatic rings. The minimum absolute atomic E-state index is 0.0952. The first-order valence-corrected chi connectivity index (χ1v) is 8.89. The van der Waals surface area contributed by atoms with Crippen LogP contribution < -0.4 is 4.18 Å². The first kappa shape index (κ1) is 17.2. The molecule has 2 aromatic carbocycles. The Labute approximate surface area is 137 Å². The molecule has 2 rings (SSSR count). The van der Waals surface area contributed by atoms with Crippen LogP contribution in [0.1, 0.15) is 49.0 Å². The zero-order valence-corrected chi connectivity index (χ0v) is 14.3. The summed E-state index contributed by atoms with van der Waals surface area (Å²) in [5, 5.41) is 0. The van der Waals surface area contributed by atoms with Gasteiger partial charge in [-0.15, -0.1) is 0 Å². The molecule has 4 nitrogen and oxygen atoms in total. The zero-order valence-electron chi connectivity index (χ0n) is 13.4. The van der Waals surface area contributed by atoms with Crippen LogP contribution in [0.4, 0.5) is 0 Å². The van der Waals surface area contributed by atoms with Gasteiger partial charge in [0.1, 0.15) is 10.6 Å². The van der Waals surface area contributed by atoms with Gasteiger partial charge in [0.2, 0.25) is 0 Å². The molecule has 0 spiro atoms. The topological polar surface area (TPSA) is 60.4 Å². The predicted octanol–water partition coefficient (Wildman–Crippen LogP) is 4.17. The first-order valence-electron chi connectivity index (χ1n) is 7.49. The van der Waals surface area contributed by atoms with E-state index in [0.29, 0.717) is 11.5 Å². The molecular weight excluding hydrogens is 312 g/mol. The Kier molecular flexibility index (Phi) is 5.21. The molecule has 0 aliphatic heterocycles. The highest BCUT2D eigenvalue weighted by Gasteiger charge is 2.17. The maximum absolute atomic E-state index is 12.3. The van der Waals surface area contributed by atoms with E-state index in [2.05, 4.69) is 13.8 Å². The SMILES string of the molecule is CCC(C)c1ccc(S(=O)(=O)Oc2cccc(C(C)=O)c2)cc1. The fourth-order valence-corrected chi connectivity index (χ4v) is 3.06. The van der Waals surface area contributed by atoms with E-state index < -0.39 is 10.1 Å².